The van der Waals surface area contributed by atoms with Crippen molar-refractivity contribution in [1.82, 2.24) is 10.2 Å². The van der Waals surface area contributed by atoms with Crippen LogP contribution in [0.25, 0.3) is 0 Å². The summed E-state index contributed by atoms with van der Waals surface area (Å²) in [5, 5.41) is 3.01. The molecule has 0 aliphatic carbocycles. The maximum absolute atomic E-state index is 13.3. The third kappa shape index (κ3) is 4.73. The summed E-state index contributed by atoms with van der Waals surface area (Å²) in [6, 6.07) is 13.6. The number of hydrogen-bond acceptors (Lipinski definition) is 3. The Morgan fingerprint density at radius 1 is 1.08 bits per heavy atom. The Balaban J connectivity index is 1.94. The Kier molecular flexibility index (Phi) is 6.45. The van der Waals surface area contributed by atoms with Crippen molar-refractivity contribution >= 4 is 23.2 Å². The second kappa shape index (κ2) is 8.99. The molecule has 5 heteroatoms. The van der Waals surface area contributed by atoms with Crippen LogP contribution < -0.4 is 5.32 Å². The lowest BCUT2D eigenvalue weighted by molar-refractivity contribution is -0.122. The first-order valence-corrected chi connectivity index (χ1v) is 10.2. The van der Waals surface area contributed by atoms with Gasteiger partial charge >= 0.3 is 0 Å². The molecule has 1 aliphatic heterocycles. The summed E-state index contributed by atoms with van der Waals surface area (Å²) in [5.41, 5.74) is 1.02. The normalized spacial score (nSPS) is 19.5. The van der Waals surface area contributed by atoms with E-state index in [0.717, 1.165) is 47.5 Å². The molecule has 0 radical (unpaired) electrons. The van der Waals surface area contributed by atoms with Crippen LogP contribution in [-0.2, 0) is 4.79 Å². The summed E-state index contributed by atoms with van der Waals surface area (Å²) < 4.78 is 0. The molecule has 138 valence electrons. The zero-order valence-corrected chi connectivity index (χ0v) is 16.1. The Labute approximate surface area is 159 Å². The Morgan fingerprint density at radius 2 is 1.85 bits per heavy atom. The first-order chi connectivity index (χ1) is 12.6. The van der Waals surface area contributed by atoms with Crippen LogP contribution in [0.15, 0.2) is 42.5 Å². The van der Waals surface area contributed by atoms with Crippen LogP contribution in [0.2, 0.25) is 0 Å². The number of benzene rings is 1. The highest BCUT2D eigenvalue weighted by Gasteiger charge is 2.28. The highest BCUT2D eigenvalue weighted by atomic mass is 32.1. The first-order valence-electron chi connectivity index (χ1n) is 9.34. The van der Waals surface area contributed by atoms with Crippen LogP contribution in [0.5, 0.6) is 0 Å². The van der Waals surface area contributed by atoms with Gasteiger partial charge in [0.05, 0.1) is 17.3 Å². The lowest BCUT2D eigenvalue weighted by Crippen LogP contribution is -2.38. The van der Waals surface area contributed by atoms with Gasteiger partial charge in [-0.25, -0.2) is 0 Å². The van der Waals surface area contributed by atoms with E-state index in [4.69, 9.17) is 0 Å². The minimum Gasteiger partial charge on any atom is -0.356 e. The van der Waals surface area contributed by atoms with E-state index in [9.17, 15) is 9.59 Å². The number of amides is 2. The fraction of sp³-hybridized carbons (Fsp3) is 0.429. The minimum atomic E-state index is -0.232. The van der Waals surface area contributed by atoms with Crippen LogP contribution in [0, 0.1) is 6.92 Å². The molecule has 2 aromatic rings. The zero-order valence-electron chi connectivity index (χ0n) is 15.2. The summed E-state index contributed by atoms with van der Waals surface area (Å²) in [7, 11) is 0. The molecule has 1 atom stereocenters. The molecule has 1 N–H and O–H groups in total. The number of carbonyl (C=O) groups is 2. The van der Waals surface area contributed by atoms with Gasteiger partial charge in [-0.05, 0) is 37.5 Å². The highest BCUT2D eigenvalue weighted by Crippen LogP contribution is 2.29. The second-order valence-electron chi connectivity index (χ2n) is 6.80. The molecule has 2 heterocycles. The molecule has 1 saturated heterocycles. The van der Waals surface area contributed by atoms with Gasteiger partial charge in [-0.3, -0.25) is 9.59 Å². The van der Waals surface area contributed by atoms with Crippen molar-refractivity contribution in [2.24, 2.45) is 0 Å². The number of carbonyl (C=O) groups excluding carboxylic acids is 2. The minimum absolute atomic E-state index is 0.0147. The third-order valence-electron chi connectivity index (χ3n) is 4.80. The lowest BCUT2D eigenvalue weighted by atomic mass is 10.0. The summed E-state index contributed by atoms with van der Waals surface area (Å²) >= 11 is 1.52. The molecular weight excluding hydrogens is 344 g/mol. The predicted octanol–water partition coefficient (Wildman–Crippen LogP) is 4.32. The molecular formula is C21H26N2O2S. The highest BCUT2D eigenvalue weighted by molar-refractivity contribution is 7.13. The number of aryl methyl sites for hydroxylation is 1. The van der Waals surface area contributed by atoms with Gasteiger partial charge in [-0.2, -0.15) is 0 Å². The van der Waals surface area contributed by atoms with Gasteiger partial charge in [0.15, 0.2) is 0 Å². The molecule has 0 saturated carbocycles. The van der Waals surface area contributed by atoms with Crippen LogP contribution >= 0.6 is 11.3 Å². The molecule has 1 aliphatic rings. The molecule has 0 bridgehead atoms. The van der Waals surface area contributed by atoms with Crippen LogP contribution in [0.3, 0.4) is 0 Å². The van der Waals surface area contributed by atoms with E-state index < -0.39 is 0 Å². The number of hydrogen-bond donors (Lipinski definition) is 1. The topological polar surface area (TPSA) is 49.4 Å². The van der Waals surface area contributed by atoms with E-state index in [1.807, 2.05) is 54.3 Å². The van der Waals surface area contributed by atoms with E-state index in [1.165, 1.54) is 11.3 Å². The van der Waals surface area contributed by atoms with Gasteiger partial charge in [-0.15, -0.1) is 11.3 Å². The fourth-order valence-electron chi connectivity index (χ4n) is 3.41. The summed E-state index contributed by atoms with van der Waals surface area (Å²) in [4.78, 5) is 29.5. The molecule has 0 spiro atoms. The molecule has 3 rings (SSSR count). The van der Waals surface area contributed by atoms with Crippen molar-refractivity contribution in [2.45, 2.75) is 45.1 Å². The number of nitrogens with one attached hydrogen (secondary N) is 1. The van der Waals surface area contributed by atoms with E-state index >= 15 is 0 Å². The SMILES string of the molecule is Cc1ccc(C(=O)N2CCCCCCNC(=O)CC2c2ccccc2)s1. The van der Waals surface area contributed by atoms with Gasteiger partial charge in [0.2, 0.25) is 5.91 Å². The van der Waals surface area contributed by atoms with Crippen molar-refractivity contribution < 1.29 is 9.59 Å². The molecule has 1 unspecified atom stereocenters. The van der Waals surface area contributed by atoms with Crippen LogP contribution in [0.1, 0.15) is 58.3 Å². The number of thiophene rings is 1. The summed E-state index contributed by atoms with van der Waals surface area (Å²) in [6.07, 6.45) is 4.43. The van der Waals surface area contributed by atoms with Crippen molar-refractivity contribution in [1.29, 1.82) is 0 Å². The molecule has 26 heavy (non-hydrogen) atoms. The van der Waals surface area contributed by atoms with Crippen LogP contribution in [-0.4, -0.2) is 29.8 Å². The predicted molar refractivity (Wildman–Crippen MR) is 105 cm³/mol. The molecule has 4 nitrogen and oxygen atoms in total. The monoisotopic (exact) mass is 370 g/mol. The molecule has 1 aromatic carbocycles. The van der Waals surface area contributed by atoms with Gasteiger partial charge in [0, 0.05) is 18.0 Å². The van der Waals surface area contributed by atoms with E-state index in [2.05, 4.69) is 5.32 Å². The van der Waals surface area contributed by atoms with E-state index in [-0.39, 0.29) is 17.9 Å². The second-order valence-corrected chi connectivity index (χ2v) is 8.09. The largest absolute Gasteiger partial charge is 0.356 e. The van der Waals surface area contributed by atoms with Gasteiger partial charge < -0.3 is 10.2 Å². The summed E-state index contributed by atoms with van der Waals surface area (Å²) in [6.45, 7) is 3.41. The quantitative estimate of drug-likeness (QED) is 0.856. The van der Waals surface area contributed by atoms with Crippen molar-refractivity contribution in [2.75, 3.05) is 13.1 Å². The van der Waals surface area contributed by atoms with Crippen molar-refractivity contribution in [3.63, 3.8) is 0 Å². The first kappa shape index (κ1) is 18.6. The van der Waals surface area contributed by atoms with E-state index in [0.29, 0.717) is 13.0 Å². The number of nitrogens with zero attached hydrogens (tertiary/aromatic N) is 1. The van der Waals surface area contributed by atoms with E-state index in [1.54, 1.807) is 0 Å². The maximum Gasteiger partial charge on any atom is 0.264 e. The van der Waals surface area contributed by atoms with Gasteiger partial charge in [-0.1, -0.05) is 43.2 Å². The third-order valence-corrected chi connectivity index (χ3v) is 5.79. The standard InChI is InChI=1S/C21H26N2O2S/c1-16-11-12-19(26-16)21(25)23-14-8-3-2-7-13-22-20(24)15-18(23)17-9-5-4-6-10-17/h4-6,9-12,18H,2-3,7-8,13-15H2,1H3,(H,22,24). The molecule has 2 amide bonds. The van der Waals surface area contributed by atoms with Gasteiger partial charge in [0.25, 0.3) is 5.91 Å². The van der Waals surface area contributed by atoms with Crippen molar-refractivity contribution in [3.05, 3.63) is 57.8 Å². The number of rotatable bonds is 2. The Morgan fingerprint density at radius 3 is 2.58 bits per heavy atom. The fourth-order valence-corrected chi connectivity index (χ4v) is 4.23. The smallest absolute Gasteiger partial charge is 0.264 e. The maximum atomic E-state index is 13.3. The van der Waals surface area contributed by atoms with Gasteiger partial charge in [0.1, 0.15) is 0 Å². The van der Waals surface area contributed by atoms with Crippen LogP contribution in [0.4, 0.5) is 0 Å². The average Bonchev–Trinajstić information content (AvgIpc) is 3.07. The Hall–Kier alpha value is -2.14. The average molecular weight is 371 g/mol. The zero-order chi connectivity index (χ0) is 18.4. The lowest BCUT2D eigenvalue weighted by Gasteiger charge is -2.31. The van der Waals surface area contributed by atoms with Crippen molar-refractivity contribution in [3.8, 4) is 0 Å². The summed E-state index contributed by atoms with van der Waals surface area (Å²) in [5.74, 6) is 0.0462. The Bertz CT molecular complexity index is 741. The molecule has 1 fully saturated rings. The molecule has 1 aromatic heterocycles.